The van der Waals surface area contributed by atoms with Crippen LogP contribution in [0.25, 0.3) is 22.5 Å². The number of alkyl halides is 3. The number of ether oxygens (including phenoxy) is 1. The lowest BCUT2D eigenvalue weighted by molar-refractivity contribution is -0.156. The highest BCUT2D eigenvalue weighted by Crippen LogP contribution is 2.35. The largest absolute Gasteiger partial charge is 0.492 e. The SMILES string of the molecule is COc1c(F)cc(-c2ccc(-c3cnc(C(F)(F)F)o3)cc2)cc1Br. The Morgan fingerprint density at radius 2 is 1.68 bits per heavy atom. The molecule has 0 atom stereocenters. The molecular weight excluding hydrogens is 406 g/mol. The fraction of sp³-hybridized carbons (Fsp3) is 0.118. The van der Waals surface area contributed by atoms with Crippen molar-refractivity contribution >= 4 is 15.9 Å². The van der Waals surface area contributed by atoms with Gasteiger partial charge in [-0.2, -0.15) is 13.2 Å². The van der Waals surface area contributed by atoms with E-state index in [0.717, 1.165) is 6.20 Å². The minimum Gasteiger partial charge on any atom is -0.492 e. The summed E-state index contributed by atoms with van der Waals surface area (Å²) in [5, 5.41) is 0. The molecule has 0 bridgehead atoms. The number of aromatic nitrogens is 1. The quantitative estimate of drug-likeness (QED) is 0.496. The molecule has 0 radical (unpaired) electrons. The third-order valence-electron chi connectivity index (χ3n) is 3.45. The molecule has 0 aliphatic rings. The standard InChI is InChI=1S/C17H10BrF4NO2/c1-24-15-12(18)6-11(7-13(15)19)9-2-4-10(5-3-9)14-8-23-16(25-14)17(20,21)22/h2-8H,1H3. The summed E-state index contributed by atoms with van der Waals surface area (Å²) < 4.78 is 61.7. The number of hydrogen-bond donors (Lipinski definition) is 0. The molecule has 8 heteroatoms. The van der Waals surface area contributed by atoms with Crippen molar-refractivity contribution in [1.82, 2.24) is 4.98 Å². The van der Waals surface area contributed by atoms with Crippen LogP contribution in [0.5, 0.6) is 5.75 Å². The maximum absolute atomic E-state index is 14.0. The molecule has 25 heavy (non-hydrogen) atoms. The summed E-state index contributed by atoms with van der Waals surface area (Å²) in [4.78, 5) is 3.23. The minimum atomic E-state index is -4.63. The third-order valence-corrected chi connectivity index (χ3v) is 4.04. The summed E-state index contributed by atoms with van der Waals surface area (Å²) in [5.41, 5.74) is 1.70. The predicted octanol–water partition coefficient (Wildman–Crippen LogP) is 5.94. The molecular formula is C17H10BrF4NO2. The number of oxazole rings is 1. The van der Waals surface area contributed by atoms with Gasteiger partial charge in [0.05, 0.1) is 17.8 Å². The van der Waals surface area contributed by atoms with Crippen LogP contribution in [0, 0.1) is 5.82 Å². The van der Waals surface area contributed by atoms with Crippen molar-refractivity contribution in [2.24, 2.45) is 0 Å². The van der Waals surface area contributed by atoms with Gasteiger partial charge < -0.3 is 9.15 Å². The molecule has 0 saturated heterocycles. The molecule has 1 heterocycles. The zero-order valence-electron chi connectivity index (χ0n) is 12.7. The van der Waals surface area contributed by atoms with Gasteiger partial charge in [-0.1, -0.05) is 24.3 Å². The Morgan fingerprint density at radius 1 is 1.04 bits per heavy atom. The fourth-order valence-electron chi connectivity index (χ4n) is 2.29. The van der Waals surface area contributed by atoms with Crippen LogP contribution in [0.1, 0.15) is 5.89 Å². The second-order valence-corrected chi connectivity index (χ2v) is 5.93. The molecule has 2 aromatic carbocycles. The predicted molar refractivity (Wildman–Crippen MR) is 86.6 cm³/mol. The number of methoxy groups -OCH3 is 1. The molecule has 0 saturated carbocycles. The van der Waals surface area contributed by atoms with Crippen molar-refractivity contribution in [3.05, 3.63) is 58.8 Å². The Kier molecular flexibility index (Phi) is 4.55. The Labute approximate surface area is 148 Å². The van der Waals surface area contributed by atoms with Crippen LogP contribution in [0.4, 0.5) is 17.6 Å². The van der Waals surface area contributed by atoms with Crippen LogP contribution in [-0.2, 0) is 6.18 Å². The molecule has 0 N–H and O–H groups in total. The van der Waals surface area contributed by atoms with E-state index in [1.807, 2.05) is 0 Å². The van der Waals surface area contributed by atoms with Gasteiger partial charge in [-0.3, -0.25) is 0 Å². The Balaban J connectivity index is 1.92. The molecule has 1 aromatic heterocycles. The van der Waals surface area contributed by atoms with Gasteiger partial charge in [-0.25, -0.2) is 9.37 Å². The molecule has 3 aromatic rings. The average molecular weight is 416 g/mol. The molecule has 0 aliphatic carbocycles. The number of halogens is 5. The monoisotopic (exact) mass is 415 g/mol. The molecule has 3 nitrogen and oxygen atoms in total. The lowest BCUT2D eigenvalue weighted by atomic mass is 10.0. The molecule has 0 unspecified atom stereocenters. The van der Waals surface area contributed by atoms with Crippen LogP contribution >= 0.6 is 15.9 Å². The van der Waals surface area contributed by atoms with Gasteiger partial charge in [-0.05, 0) is 39.2 Å². The summed E-state index contributed by atoms with van der Waals surface area (Å²) >= 11 is 3.23. The Bertz CT molecular complexity index is 881. The van der Waals surface area contributed by atoms with Crippen molar-refractivity contribution in [1.29, 1.82) is 0 Å². The van der Waals surface area contributed by atoms with Crippen molar-refractivity contribution in [2.45, 2.75) is 6.18 Å². The van der Waals surface area contributed by atoms with Gasteiger partial charge in [0.25, 0.3) is 0 Å². The number of hydrogen-bond acceptors (Lipinski definition) is 3. The summed E-state index contributed by atoms with van der Waals surface area (Å²) in [6.07, 6.45) is -3.62. The first-order valence-corrected chi connectivity index (χ1v) is 7.76. The van der Waals surface area contributed by atoms with E-state index in [9.17, 15) is 17.6 Å². The van der Waals surface area contributed by atoms with Crippen molar-refractivity contribution in [3.8, 4) is 28.2 Å². The molecule has 0 spiro atoms. The van der Waals surface area contributed by atoms with E-state index in [-0.39, 0.29) is 11.5 Å². The normalized spacial score (nSPS) is 11.6. The van der Waals surface area contributed by atoms with Crippen molar-refractivity contribution in [2.75, 3.05) is 7.11 Å². The van der Waals surface area contributed by atoms with Crippen LogP contribution in [0.3, 0.4) is 0 Å². The van der Waals surface area contributed by atoms with Crippen LogP contribution in [0.15, 0.2) is 51.5 Å². The Morgan fingerprint density at radius 3 is 2.20 bits per heavy atom. The van der Waals surface area contributed by atoms with E-state index in [1.54, 1.807) is 30.3 Å². The van der Waals surface area contributed by atoms with Crippen molar-refractivity contribution < 1.29 is 26.7 Å². The van der Waals surface area contributed by atoms with E-state index in [2.05, 4.69) is 20.9 Å². The van der Waals surface area contributed by atoms with Gasteiger partial charge in [-0.15, -0.1) is 0 Å². The lowest BCUT2D eigenvalue weighted by Gasteiger charge is -2.08. The third kappa shape index (κ3) is 3.53. The van der Waals surface area contributed by atoms with E-state index in [0.29, 0.717) is 21.2 Å². The number of nitrogens with zero attached hydrogens (tertiary/aromatic N) is 1. The smallest absolute Gasteiger partial charge is 0.468 e. The second kappa shape index (κ2) is 6.51. The first-order chi connectivity index (χ1) is 11.8. The molecule has 0 amide bonds. The minimum absolute atomic E-state index is 0.000895. The maximum atomic E-state index is 14.0. The maximum Gasteiger partial charge on any atom is 0.468 e. The fourth-order valence-corrected chi connectivity index (χ4v) is 2.89. The number of rotatable bonds is 3. The van der Waals surface area contributed by atoms with E-state index in [4.69, 9.17) is 9.15 Å². The summed E-state index contributed by atoms with van der Waals surface area (Å²) in [7, 11) is 1.37. The van der Waals surface area contributed by atoms with Crippen LogP contribution in [0.2, 0.25) is 0 Å². The lowest BCUT2D eigenvalue weighted by Crippen LogP contribution is -2.04. The zero-order chi connectivity index (χ0) is 18.2. The van der Waals surface area contributed by atoms with Gasteiger partial charge in [0, 0.05) is 5.56 Å². The highest BCUT2D eigenvalue weighted by molar-refractivity contribution is 9.10. The van der Waals surface area contributed by atoms with E-state index in [1.165, 1.54) is 13.2 Å². The van der Waals surface area contributed by atoms with Gasteiger partial charge in [0.1, 0.15) is 0 Å². The highest BCUT2D eigenvalue weighted by atomic mass is 79.9. The summed E-state index contributed by atoms with van der Waals surface area (Å²) in [6, 6.07) is 9.46. The average Bonchev–Trinajstić information content (AvgIpc) is 3.05. The van der Waals surface area contributed by atoms with Gasteiger partial charge in [0.15, 0.2) is 17.3 Å². The summed E-state index contributed by atoms with van der Waals surface area (Å²) in [6.45, 7) is 0. The topological polar surface area (TPSA) is 35.3 Å². The number of benzene rings is 2. The molecule has 3 rings (SSSR count). The second-order valence-electron chi connectivity index (χ2n) is 5.08. The van der Waals surface area contributed by atoms with Crippen molar-refractivity contribution in [3.63, 3.8) is 0 Å². The Hall–Kier alpha value is -2.35. The first kappa shape index (κ1) is 17.5. The molecule has 0 aliphatic heterocycles. The van der Waals surface area contributed by atoms with E-state index < -0.39 is 17.9 Å². The first-order valence-electron chi connectivity index (χ1n) is 6.96. The van der Waals surface area contributed by atoms with Gasteiger partial charge >= 0.3 is 12.1 Å². The molecule has 0 fully saturated rings. The zero-order valence-corrected chi connectivity index (χ0v) is 14.3. The van der Waals surface area contributed by atoms with Gasteiger partial charge in [0.2, 0.25) is 0 Å². The molecule has 130 valence electrons. The van der Waals surface area contributed by atoms with E-state index >= 15 is 0 Å². The summed E-state index contributed by atoms with van der Waals surface area (Å²) in [5.74, 6) is -1.73. The highest BCUT2D eigenvalue weighted by Gasteiger charge is 2.37. The van der Waals surface area contributed by atoms with Crippen LogP contribution < -0.4 is 4.74 Å². The van der Waals surface area contributed by atoms with Crippen LogP contribution in [-0.4, -0.2) is 12.1 Å².